The van der Waals surface area contributed by atoms with E-state index in [0.29, 0.717) is 19.4 Å². The van der Waals surface area contributed by atoms with Gasteiger partial charge in [-0.05, 0) is 54.8 Å². The maximum Gasteiger partial charge on any atom is 0.512 e. The van der Waals surface area contributed by atoms with Crippen LogP contribution in [0.2, 0.25) is 0 Å². The van der Waals surface area contributed by atoms with Crippen molar-refractivity contribution in [1.82, 2.24) is 14.4 Å². The molecule has 0 amide bonds. The second-order valence-corrected chi connectivity index (χ2v) is 12.6. The molecule has 0 aliphatic heterocycles. The van der Waals surface area contributed by atoms with Crippen LogP contribution in [0.1, 0.15) is 48.2 Å². The maximum atomic E-state index is 11.7. The molecule has 47 heavy (non-hydrogen) atoms. The highest BCUT2D eigenvalue weighted by molar-refractivity contribution is 5.99. The van der Waals surface area contributed by atoms with Crippen LogP contribution >= 0.6 is 0 Å². The van der Waals surface area contributed by atoms with Crippen molar-refractivity contribution in [2.45, 2.75) is 46.0 Å². The summed E-state index contributed by atoms with van der Waals surface area (Å²) in [7, 11) is 0. The number of nitrogens with zero attached hydrogens (tertiary/aromatic N) is 2. The highest BCUT2D eigenvalue weighted by Crippen LogP contribution is 2.39. The number of aromatic amines is 1. The zero-order valence-corrected chi connectivity index (χ0v) is 27.0. The molecule has 3 heterocycles. The summed E-state index contributed by atoms with van der Waals surface area (Å²) in [4.78, 5) is 20.2. The molecule has 7 aromatic rings. The Balaban J connectivity index is 1.23. The molecule has 7 nitrogen and oxygen atoms in total. The molecule has 0 unspecified atom stereocenters. The van der Waals surface area contributed by atoms with E-state index in [4.69, 9.17) is 14.5 Å². The molecule has 0 saturated carbocycles. The smallest absolute Gasteiger partial charge is 0.493 e. The average Bonchev–Trinajstić information content (AvgIpc) is 3.67. The van der Waals surface area contributed by atoms with Gasteiger partial charge in [0.15, 0.2) is 0 Å². The fourth-order valence-corrected chi connectivity index (χ4v) is 6.60. The zero-order chi connectivity index (χ0) is 32.7. The highest BCUT2D eigenvalue weighted by atomic mass is 16.7. The summed E-state index contributed by atoms with van der Waals surface area (Å²) in [6.07, 6.45) is 4.14. The van der Waals surface area contributed by atoms with Crippen LogP contribution in [0, 0.1) is 13.8 Å². The number of ether oxygens (including phenoxy) is 2. The number of hydrogen-bond donors (Lipinski definition) is 2. The Morgan fingerprint density at radius 1 is 0.851 bits per heavy atom. The maximum absolute atomic E-state index is 11.7. The Labute approximate surface area is 273 Å². The van der Waals surface area contributed by atoms with Crippen LogP contribution in [0.15, 0.2) is 103 Å². The van der Waals surface area contributed by atoms with Gasteiger partial charge in [-0.2, -0.15) is 0 Å². The standard InChI is InChI=1S/C40H37N3O4/c1-25-26(2)37-41-35(40(3,4)28-15-6-5-7-16-28)24-43(37)23-33(25)31-19-11-18-30-32(38(42-36(30)31)47-39(44)45)20-12-22-46-34-21-10-14-27-13-8-9-17-29(27)34/h5-11,13-19,21,23-24,42H,12,20,22H2,1-4H3,(H,44,45). The lowest BCUT2D eigenvalue weighted by molar-refractivity contribution is 0.142. The third-order valence-corrected chi connectivity index (χ3v) is 9.40. The number of benzene rings is 4. The van der Waals surface area contributed by atoms with Gasteiger partial charge in [-0.25, -0.2) is 9.78 Å². The molecular formula is C40H37N3O4. The number of H-pyrrole nitrogens is 1. The minimum Gasteiger partial charge on any atom is -0.493 e. The van der Waals surface area contributed by atoms with Crippen molar-refractivity contribution < 1.29 is 19.4 Å². The van der Waals surface area contributed by atoms with Crippen LogP contribution in [0.3, 0.4) is 0 Å². The molecule has 0 radical (unpaired) electrons. The highest BCUT2D eigenvalue weighted by Gasteiger charge is 2.27. The van der Waals surface area contributed by atoms with Gasteiger partial charge in [-0.1, -0.05) is 98.8 Å². The number of aromatic nitrogens is 3. The summed E-state index contributed by atoms with van der Waals surface area (Å²) >= 11 is 0. The van der Waals surface area contributed by atoms with E-state index in [1.54, 1.807) is 0 Å². The molecule has 2 N–H and O–H groups in total. The molecule has 0 aliphatic carbocycles. The number of hydrogen-bond acceptors (Lipinski definition) is 4. The first kappa shape index (κ1) is 30.1. The van der Waals surface area contributed by atoms with Gasteiger partial charge in [0.2, 0.25) is 5.88 Å². The SMILES string of the molecule is Cc1c(-c2cccc3c(CCCOc4cccc5ccccc45)c(OC(=O)O)[nH]c23)cn2cc(C(C)(C)c3ccccc3)nc2c1C. The number of imidazole rings is 1. The summed E-state index contributed by atoms with van der Waals surface area (Å²) in [5, 5.41) is 12.7. The topological polar surface area (TPSA) is 88.9 Å². The number of rotatable bonds is 9. The van der Waals surface area contributed by atoms with E-state index < -0.39 is 6.16 Å². The van der Waals surface area contributed by atoms with Crippen LogP contribution < -0.4 is 9.47 Å². The molecular weight excluding hydrogens is 586 g/mol. The molecule has 7 rings (SSSR count). The average molecular weight is 624 g/mol. The number of aryl methyl sites for hydroxylation is 2. The first-order valence-electron chi connectivity index (χ1n) is 15.9. The number of carbonyl (C=O) groups is 1. The Kier molecular flexibility index (Phi) is 7.68. The van der Waals surface area contributed by atoms with E-state index in [1.165, 1.54) is 5.56 Å². The van der Waals surface area contributed by atoms with E-state index in [2.05, 4.69) is 98.0 Å². The quantitative estimate of drug-likeness (QED) is 0.123. The van der Waals surface area contributed by atoms with Crippen molar-refractivity contribution in [3.63, 3.8) is 0 Å². The summed E-state index contributed by atoms with van der Waals surface area (Å²) < 4.78 is 13.6. The minimum atomic E-state index is -1.35. The second-order valence-electron chi connectivity index (χ2n) is 12.6. The lowest BCUT2D eigenvalue weighted by Crippen LogP contribution is -2.19. The number of fused-ring (bicyclic) bond motifs is 3. The van der Waals surface area contributed by atoms with Gasteiger partial charge < -0.3 is 24.0 Å². The van der Waals surface area contributed by atoms with E-state index in [-0.39, 0.29) is 11.3 Å². The molecule has 7 heteroatoms. The van der Waals surface area contributed by atoms with Crippen molar-refractivity contribution in [3.05, 3.63) is 131 Å². The summed E-state index contributed by atoms with van der Waals surface area (Å²) in [6, 6.07) is 30.7. The summed E-state index contributed by atoms with van der Waals surface area (Å²) in [6.45, 7) is 9.10. The number of carboxylic acid groups (broad SMARTS) is 1. The van der Waals surface area contributed by atoms with Crippen molar-refractivity contribution >= 4 is 33.5 Å². The van der Waals surface area contributed by atoms with Crippen molar-refractivity contribution in [3.8, 4) is 22.8 Å². The lowest BCUT2D eigenvalue weighted by atomic mass is 9.82. The van der Waals surface area contributed by atoms with E-state index in [0.717, 1.165) is 66.6 Å². The monoisotopic (exact) mass is 623 g/mol. The van der Waals surface area contributed by atoms with Crippen LogP contribution in [0.4, 0.5) is 4.79 Å². The van der Waals surface area contributed by atoms with E-state index in [1.807, 2.05) is 42.5 Å². The Hall–Kier alpha value is -5.56. The zero-order valence-electron chi connectivity index (χ0n) is 27.0. The van der Waals surface area contributed by atoms with Gasteiger partial charge in [0.05, 0.1) is 17.8 Å². The van der Waals surface area contributed by atoms with Gasteiger partial charge in [-0.15, -0.1) is 0 Å². The van der Waals surface area contributed by atoms with Crippen LogP contribution in [-0.2, 0) is 11.8 Å². The summed E-state index contributed by atoms with van der Waals surface area (Å²) in [5.74, 6) is 1.08. The molecule has 0 spiro atoms. The van der Waals surface area contributed by atoms with Crippen LogP contribution in [-0.4, -0.2) is 32.2 Å². The van der Waals surface area contributed by atoms with Gasteiger partial charge >= 0.3 is 6.16 Å². The van der Waals surface area contributed by atoms with E-state index in [9.17, 15) is 9.90 Å². The number of nitrogens with one attached hydrogen (secondary N) is 1. The molecule has 0 saturated heterocycles. The fraction of sp³-hybridized carbons (Fsp3) is 0.200. The third-order valence-electron chi connectivity index (χ3n) is 9.40. The van der Waals surface area contributed by atoms with Crippen molar-refractivity contribution in [2.24, 2.45) is 0 Å². The first-order valence-corrected chi connectivity index (χ1v) is 15.9. The Bertz CT molecular complexity index is 2260. The molecule has 0 bridgehead atoms. The van der Waals surface area contributed by atoms with Crippen LogP contribution in [0.5, 0.6) is 11.6 Å². The van der Waals surface area contributed by atoms with Crippen LogP contribution in [0.25, 0.3) is 38.4 Å². The Morgan fingerprint density at radius 2 is 1.57 bits per heavy atom. The minimum absolute atomic E-state index is 0.245. The fourth-order valence-electron chi connectivity index (χ4n) is 6.60. The predicted octanol–water partition coefficient (Wildman–Crippen LogP) is 9.65. The Morgan fingerprint density at radius 3 is 2.38 bits per heavy atom. The molecule has 4 aromatic carbocycles. The first-order chi connectivity index (χ1) is 22.7. The molecule has 236 valence electrons. The normalized spacial score (nSPS) is 11.8. The summed E-state index contributed by atoms with van der Waals surface area (Å²) in [5.41, 5.74) is 8.70. The molecule has 0 atom stereocenters. The van der Waals surface area contributed by atoms with Crippen molar-refractivity contribution in [1.29, 1.82) is 0 Å². The number of para-hydroxylation sites is 1. The predicted molar refractivity (Wildman–Crippen MR) is 187 cm³/mol. The van der Waals surface area contributed by atoms with Crippen molar-refractivity contribution in [2.75, 3.05) is 6.61 Å². The van der Waals surface area contributed by atoms with Gasteiger partial charge in [0.1, 0.15) is 11.4 Å². The van der Waals surface area contributed by atoms with Gasteiger partial charge in [-0.3, -0.25) is 0 Å². The largest absolute Gasteiger partial charge is 0.512 e. The molecule has 0 fully saturated rings. The molecule has 3 aromatic heterocycles. The third kappa shape index (κ3) is 5.48. The lowest BCUT2D eigenvalue weighted by Gasteiger charge is -2.22. The number of pyridine rings is 1. The second kappa shape index (κ2) is 12.0. The van der Waals surface area contributed by atoms with Gasteiger partial charge in [0.25, 0.3) is 0 Å². The molecule has 0 aliphatic rings. The van der Waals surface area contributed by atoms with E-state index >= 15 is 0 Å². The van der Waals surface area contributed by atoms with Gasteiger partial charge in [0, 0.05) is 45.3 Å².